The topological polar surface area (TPSA) is 43.4 Å². The van der Waals surface area contributed by atoms with Crippen LogP contribution in [0.1, 0.15) is 16.6 Å². The van der Waals surface area contributed by atoms with Gasteiger partial charge >= 0.3 is 5.97 Å². The van der Waals surface area contributed by atoms with Gasteiger partial charge in [-0.05, 0) is 30.5 Å². The Balaban J connectivity index is 2.36. The number of carbonyl (C=O) groups excluding carboxylic acids is 2. The average molecular weight is 252 g/mol. The predicted molar refractivity (Wildman–Crippen MR) is 62.7 cm³/mol. The van der Waals surface area contributed by atoms with Crippen LogP contribution >= 0.6 is 11.3 Å². The molecular formula is C12H9FO3S. The second kappa shape index (κ2) is 4.63. The maximum absolute atomic E-state index is 13.0. The van der Waals surface area contributed by atoms with Crippen molar-refractivity contribution in [3.8, 4) is 0 Å². The zero-order valence-corrected chi connectivity index (χ0v) is 9.84. The summed E-state index contributed by atoms with van der Waals surface area (Å²) in [5, 5.41) is 0.740. The van der Waals surface area contributed by atoms with E-state index in [9.17, 15) is 14.0 Å². The van der Waals surface area contributed by atoms with Crippen molar-refractivity contribution in [3.05, 3.63) is 35.0 Å². The Morgan fingerprint density at radius 2 is 2.12 bits per heavy atom. The Hall–Kier alpha value is -1.75. The molecule has 3 nitrogen and oxygen atoms in total. The van der Waals surface area contributed by atoms with Gasteiger partial charge in [0, 0.05) is 4.70 Å². The lowest BCUT2D eigenvalue weighted by molar-refractivity contribution is -0.137. The number of Topliss-reactive ketones (excluding diaryl/α,β-unsaturated/α-hetero) is 1. The molecule has 0 aliphatic heterocycles. The molecule has 2 rings (SSSR count). The quantitative estimate of drug-likeness (QED) is 0.479. The van der Waals surface area contributed by atoms with Crippen LogP contribution in [0.4, 0.5) is 4.39 Å². The highest BCUT2D eigenvalue weighted by Gasteiger charge is 2.19. The molecule has 0 fully saturated rings. The normalized spacial score (nSPS) is 10.5. The largest absolute Gasteiger partial charge is 0.460 e. The van der Waals surface area contributed by atoms with Gasteiger partial charge in [0.2, 0.25) is 0 Å². The number of rotatable bonds is 3. The molecule has 0 aliphatic carbocycles. The molecule has 2 aromatic rings. The van der Waals surface area contributed by atoms with Crippen molar-refractivity contribution in [2.45, 2.75) is 6.92 Å². The fraction of sp³-hybridized carbons (Fsp3) is 0.167. The van der Waals surface area contributed by atoms with Gasteiger partial charge in [0.15, 0.2) is 0 Å². The Morgan fingerprint density at radius 1 is 1.35 bits per heavy atom. The van der Waals surface area contributed by atoms with Gasteiger partial charge < -0.3 is 4.74 Å². The van der Waals surface area contributed by atoms with Crippen LogP contribution in [0.5, 0.6) is 0 Å². The third-order valence-corrected chi connectivity index (χ3v) is 3.26. The minimum absolute atomic E-state index is 0.157. The second-order valence-electron chi connectivity index (χ2n) is 3.34. The van der Waals surface area contributed by atoms with E-state index in [1.54, 1.807) is 19.1 Å². The lowest BCUT2D eigenvalue weighted by atomic mass is 10.2. The first kappa shape index (κ1) is 11.7. The Labute approximate surface area is 101 Å². The highest BCUT2D eigenvalue weighted by Crippen LogP contribution is 2.26. The maximum Gasteiger partial charge on any atom is 0.380 e. The molecule has 0 bridgehead atoms. The fourth-order valence-corrected chi connectivity index (χ4v) is 2.43. The Kier molecular flexibility index (Phi) is 3.19. The van der Waals surface area contributed by atoms with Crippen LogP contribution in [0.2, 0.25) is 0 Å². The molecular weight excluding hydrogens is 243 g/mol. The number of ether oxygens (including phenoxy) is 1. The third kappa shape index (κ3) is 2.34. The van der Waals surface area contributed by atoms with E-state index in [2.05, 4.69) is 4.74 Å². The molecule has 0 atom stereocenters. The number of halogens is 1. The van der Waals surface area contributed by atoms with Crippen molar-refractivity contribution in [2.75, 3.05) is 6.61 Å². The zero-order chi connectivity index (χ0) is 12.4. The smallest absolute Gasteiger partial charge is 0.380 e. The number of fused-ring (bicyclic) bond motifs is 1. The first-order valence-corrected chi connectivity index (χ1v) is 5.84. The van der Waals surface area contributed by atoms with Crippen LogP contribution in [0.25, 0.3) is 10.1 Å². The van der Waals surface area contributed by atoms with E-state index in [1.165, 1.54) is 12.1 Å². The van der Waals surface area contributed by atoms with Crippen molar-refractivity contribution in [1.82, 2.24) is 0 Å². The summed E-state index contributed by atoms with van der Waals surface area (Å²) in [5.74, 6) is -1.93. The van der Waals surface area contributed by atoms with Gasteiger partial charge in [-0.2, -0.15) is 0 Å². The number of carbonyl (C=O) groups is 2. The van der Waals surface area contributed by atoms with E-state index in [0.717, 1.165) is 16.7 Å². The molecule has 0 aliphatic rings. The number of hydrogen-bond donors (Lipinski definition) is 0. The van der Waals surface area contributed by atoms with Gasteiger partial charge in [0.25, 0.3) is 5.78 Å². The Bertz CT molecular complexity index is 588. The summed E-state index contributed by atoms with van der Waals surface area (Å²) in [4.78, 5) is 23.1. The van der Waals surface area contributed by atoms with Crippen LogP contribution in [0, 0.1) is 5.82 Å². The summed E-state index contributed by atoms with van der Waals surface area (Å²) in [7, 11) is 0. The van der Waals surface area contributed by atoms with Gasteiger partial charge in [-0.1, -0.05) is 6.07 Å². The van der Waals surface area contributed by atoms with E-state index < -0.39 is 11.8 Å². The lowest BCUT2D eigenvalue weighted by Crippen LogP contribution is -2.16. The number of esters is 1. The van der Waals surface area contributed by atoms with Crippen LogP contribution in [-0.2, 0) is 9.53 Å². The molecule has 1 aromatic carbocycles. The fourth-order valence-electron chi connectivity index (χ4n) is 1.41. The predicted octanol–water partition coefficient (Wildman–Crippen LogP) is 2.79. The number of thiophene rings is 1. The molecule has 17 heavy (non-hydrogen) atoms. The summed E-state index contributed by atoms with van der Waals surface area (Å²) in [6, 6.07) is 5.79. The molecule has 1 heterocycles. The van der Waals surface area contributed by atoms with Crippen LogP contribution in [0.15, 0.2) is 24.3 Å². The molecule has 0 spiro atoms. The first-order chi connectivity index (χ1) is 8.11. The molecule has 0 saturated heterocycles. The number of benzene rings is 1. The van der Waals surface area contributed by atoms with E-state index in [0.29, 0.717) is 4.70 Å². The lowest BCUT2D eigenvalue weighted by Gasteiger charge is -1.96. The molecule has 0 unspecified atom stereocenters. The molecule has 1 aromatic heterocycles. The van der Waals surface area contributed by atoms with Crippen molar-refractivity contribution in [3.63, 3.8) is 0 Å². The average Bonchev–Trinajstić information content (AvgIpc) is 2.71. The summed E-state index contributed by atoms with van der Waals surface area (Å²) in [5.41, 5.74) is 0. The SMILES string of the molecule is CCOC(=O)C(=O)c1cc2ccc(F)cc2s1. The van der Waals surface area contributed by atoms with Crippen molar-refractivity contribution < 1.29 is 18.7 Å². The highest BCUT2D eigenvalue weighted by molar-refractivity contribution is 7.21. The monoisotopic (exact) mass is 252 g/mol. The first-order valence-electron chi connectivity index (χ1n) is 5.02. The summed E-state index contributed by atoms with van der Waals surface area (Å²) in [6.45, 7) is 1.79. The van der Waals surface area contributed by atoms with Crippen molar-refractivity contribution in [1.29, 1.82) is 0 Å². The molecule has 0 saturated carbocycles. The van der Waals surface area contributed by atoms with Gasteiger partial charge in [-0.15, -0.1) is 11.3 Å². The molecule has 5 heteroatoms. The van der Waals surface area contributed by atoms with Crippen molar-refractivity contribution in [2.24, 2.45) is 0 Å². The highest BCUT2D eigenvalue weighted by atomic mass is 32.1. The molecule has 0 N–H and O–H groups in total. The minimum Gasteiger partial charge on any atom is -0.460 e. The number of ketones is 1. The van der Waals surface area contributed by atoms with E-state index >= 15 is 0 Å². The van der Waals surface area contributed by atoms with Gasteiger partial charge in [-0.25, -0.2) is 9.18 Å². The Morgan fingerprint density at radius 3 is 2.82 bits per heavy atom. The van der Waals surface area contributed by atoms with E-state index in [4.69, 9.17) is 0 Å². The van der Waals surface area contributed by atoms with Gasteiger partial charge in [0.1, 0.15) is 5.82 Å². The van der Waals surface area contributed by atoms with Crippen LogP contribution in [0.3, 0.4) is 0 Å². The van der Waals surface area contributed by atoms with Crippen LogP contribution < -0.4 is 0 Å². The van der Waals surface area contributed by atoms with Crippen molar-refractivity contribution >= 4 is 33.2 Å². The minimum atomic E-state index is -0.875. The third-order valence-electron chi connectivity index (χ3n) is 2.17. The maximum atomic E-state index is 13.0. The van der Waals surface area contributed by atoms with Gasteiger partial charge in [0.05, 0.1) is 11.5 Å². The molecule has 0 radical (unpaired) electrons. The zero-order valence-electron chi connectivity index (χ0n) is 9.03. The molecule has 88 valence electrons. The molecule has 0 amide bonds. The van der Waals surface area contributed by atoms with E-state index in [-0.39, 0.29) is 17.3 Å². The summed E-state index contributed by atoms with van der Waals surface area (Å²) < 4.78 is 18.2. The summed E-state index contributed by atoms with van der Waals surface area (Å²) >= 11 is 1.08. The van der Waals surface area contributed by atoms with Gasteiger partial charge in [-0.3, -0.25) is 4.79 Å². The van der Waals surface area contributed by atoms with E-state index in [1.807, 2.05) is 0 Å². The second-order valence-corrected chi connectivity index (χ2v) is 4.43. The standard InChI is InChI=1S/C12H9FO3S/c1-2-16-12(15)11(14)10-5-7-3-4-8(13)6-9(7)17-10/h3-6H,2H2,1H3. The summed E-state index contributed by atoms with van der Waals surface area (Å²) in [6.07, 6.45) is 0. The number of hydrogen-bond acceptors (Lipinski definition) is 4. The van der Waals surface area contributed by atoms with Crippen LogP contribution in [-0.4, -0.2) is 18.4 Å².